The molecule has 0 aromatic rings. The molecule has 1 heterocycles. The van der Waals surface area contributed by atoms with Crippen LogP contribution in [-0.4, -0.2) is 12.2 Å². The first-order valence-electron chi connectivity index (χ1n) is 4.41. The molecule has 0 aromatic carbocycles. The zero-order chi connectivity index (χ0) is 7.14. The van der Waals surface area contributed by atoms with Crippen LogP contribution in [-0.2, 0) is 4.74 Å². The van der Waals surface area contributed by atoms with Gasteiger partial charge in [-0.05, 0) is 31.1 Å². The maximum atomic E-state index is 5.50. The van der Waals surface area contributed by atoms with Crippen LogP contribution in [0.25, 0.3) is 0 Å². The van der Waals surface area contributed by atoms with Gasteiger partial charge in [0.15, 0.2) is 0 Å². The Hall–Kier alpha value is -0.0400. The molecular formula is C9H16O. The first kappa shape index (κ1) is 6.66. The van der Waals surface area contributed by atoms with E-state index in [1.54, 1.807) is 0 Å². The average molecular weight is 140 g/mol. The SMILES string of the molecule is CC1CC(C)CC2OC2C1. The summed E-state index contributed by atoms with van der Waals surface area (Å²) < 4.78 is 5.50. The van der Waals surface area contributed by atoms with E-state index < -0.39 is 0 Å². The number of hydrogen-bond donors (Lipinski definition) is 0. The Morgan fingerprint density at radius 2 is 1.40 bits per heavy atom. The minimum Gasteiger partial charge on any atom is -0.370 e. The van der Waals surface area contributed by atoms with Crippen LogP contribution in [0.15, 0.2) is 0 Å². The van der Waals surface area contributed by atoms with Gasteiger partial charge in [-0.1, -0.05) is 13.8 Å². The molecule has 10 heavy (non-hydrogen) atoms. The lowest BCUT2D eigenvalue weighted by Gasteiger charge is -2.12. The number of epoxide rings is 1. The number of hydrogen-bond acceptors (Lipinski definition) is 1. The second-order valence-electron chi connectivity index (χ2n) is 4.13. The summed E-state index contributed by atoms with van der Waals surface area (Å²) in [6, 6.07) is 0. The zero-order valence-electron chi connectivity index (χ0n) is 6.84. The number of rotatable bonds is 0. The van der Waals surface area contributed by atoms with Crippen molar-refractivity contribution in [3.8, 4) is 0 Å². The van der Waals surface area contributed by atoms with Gasteiger partial charge in [-0.25, -0.2) is 0 Å². The highest BCUT2D eigenvalue weighted by molar-refractivity contribution is 4.90. The Labute approximate surface area is 62.8 Å². The van der Waals surface area contributed by atoms with Gasteiger partial charge in [0.25, 0.3) is 0 Å². The molecule has 0 amide bonds. The molecule has 1 saturated carbocycles. The van der Waals surface area contributed by atoms with E-state index in [2.05, 4.69) is 13.8 Å². The quantitative estimate of drug-likeness (QED) is 0.470. The molecule has 1 aliphatic heterocycles. The summed E-state index contributed by atoms with van der Waals surface area (Å²) in [4.78, 5) is 0. The van der Waals surface area contributed by atoms with Crippen molar-refractivity contribution < 1.29 is 4.74 Å². The Morgan fingerprint density at radius 1 is 0.900 bits per heavy atom. The van der Waals surface area contributed by atoms with Crippen molar-refractivity contribution in [2.24, 2.45) is 11.8 Å². The molecule has 0 bridgehead atoms. The van der Waals surface area contributed by atoms with Gasteiger partial charge in [-0.15, -0.1) is 0 Å². The van der Waals surface area contributed by atoms with Crippen LogP contribution < -0.4 is 0 Å². The smallest absolute Gasteiger partial charge is 0.0844 e. The molecule has 2 rings (SSSR count). The van der Waals surface area contributed by atoms with Gasteiger partial charge in [-0.2, -0.15) is 0 Å². The van der Waals surface area contributed by atoms with E-state index in [4.69, 9.17) is 4.74 Å². The lowest BCUT2D eigenvalue weighted by Crippen LogP contribution is -2.01. The van der Waals surface area contributed by atoms with E-state index >= 15 is 0 Å². The molecular weight excluding hydrogens is 124 g/mol. The van der Waals surface area contributed by atoms with Crippen LogP contribution in [0.1, 0.15) is 33.1 Å². The Kier molecular flexibility index (Phi) is 1.48. The minimum atomic E-state index is 0.653. The topological polar surface area (TPSA) is 12.5 Å². The van der Waals surface area contributed by atoms with Crippen molar-refractivity contribution in [2.75, 3.05) is 0 Å². The molecule has 4 unspecified atom stereocenters. The first-order chi connectivity index (χ1) is 4.75. The van der Waals surface area contributed by atoms with Crippen molar-refractivity contribution >= 4 is 0 Å². The molecule has 1 nitrogen and oxygen atoms in total. The maximum Gasteiger partial charge on any atom is 0.0844 e. The molecule has 1 saturated heterocycles. The van der Waals surface area contributed by atoms with E-state index in [-0.39, 0.29) is 0 Å². The standard InChI is InChI=1S/C9H16O/c1-6-3-7(2)5-9-8(4-6)10-9/h6-9H,3-5H2,1-2H3. The van der Waals surface area contributed by atoms with Crippen LogP contribution in [0.2, 0.25) is 0 Å². The molecule has 2 fully saturated rings. The molecule has 4 atom stereocenters. The lowest BCUT2D eigenvalue weighted by atomic mass is 9.96. The van der Waals surface area contributed by atoms with Crippen molar-refractivity contribution in [1.82, 2.24) is 0 Å². The zero-order valence-corrected chi connectivity index (χ0v) is 6.84. The molecule has 1 aliphatic carbocycles. The molecule has 58 valence electrons. The van der Waals surface area contributed by atoms with Crippen LogP contribution >= 0.6 is 0 Å². The van der Waals surface area contributed by atoms with Gasteiger partial charge in [0, 0.05) is 0 Å². The fourth-order valence-corrected chi connectivity index (χ4v) is 2.27. The molecule has 2 aliphatic rings. The average Bonchev–Trinajstić information content (AvgIpc) is 2.43. The normalized spacial score (nSPS) is 53.4. The molecule has 0 aromatic heterocycles. The number of fused-ring (bicyclic) bond motifs is 1. The van der Waals surface area contributed by atoms with Gasteiger partial charge in [0.2, 0.25) is 0 Å². The number of ether oxygens (including phenoxy) is 1. The molecule has 0 N–H and O–H groups in total. The van der Waals surface area contributed by atoms with Crippen LogP contribution in [0.5, 0.6) is 0 Å². The Balaban J connectivity index is 1.96. The summed E-state index contributed by atoms with van der Waals surface area (Å²) in [5, 5.41) is 0. The minimum absolute atomic E-state index is 0.653. The molecule has 0 radical (unpaired) electrons. The molecule has 0 spiro atoms. The highest BCUT2D eigenvalue weighted by Gasteiger charge is 2.42. The van der Waals surface area contributed by atoms with E-state index in [0.717, 1.165) is 11.8 Å². The van der Waals surface area contributed by atoms with Crippen molar-refractivity contribution in [3.05, 3.63) is 0 Å². The van der Waals surface area contributed by atoms with Crippen molar-refractivity contribution in [1.29, 1.82) is 0 Å². The molecule has 1 heteroatoms. The van der Waals surface area contributed by atoms with Crippen LogP contribution in [0, 0.1) is 11.8 Å². The monoisotopic (exact) mass is 140 g/mol. The summed E-state index contributed by atoms with van der Waals surface area (Å²) >= 11 is 0. The first-order valence-corrected chi connectivity index (χ1v) is 4.41. The van der Waals surface area contributed by atoms with E-state index in [1.165, 1.54) is 19.3 Å². The predicted octanol–water partition coefficient (Wildman–Crippen LogP) is 2.21. The highest BCUT2D eigenvalue weighted by Crippen LogP contribution is 2.39. The van der Waals surface area contributed by atoms with E-state index in [9.17, 15) is 0 Å². The second-order valence-corrected chi connectivity index (χ2v) is 4.13. The highest BCUT2D eigenvalue weighted by atomic mass is 16.6. The fraction of sp³-hybridized carbons (Fsp3) is 1.00. The lowest BCUT2D eigenvalue weighted by molar-refractivity contribution is 0.274. The third-order valence-electron chi connectivity index (χ3n) is 2.76. The van der Waals surface area contributed by atoms with E-state index in [0.29, 0.717) is 12.2 Å². The Morgan fingerprint density at radius 3 is 1.90 bits per heavy atom. The largest absolute Gasteiger partial charge is 0.370 e. The van der Waals surface area contributed by atoms with Crippen LogP contribution in [0.4, 0.5) is 0 Å². The summed E-state index contributed by atoms with van der Waals surface area (Å²) in [7, 11) is 0. The summed E-state index contributed by atoms with van der Waals surface area (Å²) in [6.45, 7) is 4.70. The maximum absolute atomic E-state index is 5.50. The van der Waals surface area contributed by atoms with E-state index in [1.807, 2.05) is 0 Å². The van der Waals surface area contributed by atoms with Gasteiger partial charge < -0.3 is 4.74 Å². The van der Waals surface area contributed by atoms with Crippen molar-refractivity contribution in [2.45, 2.75) is 45.3 Å². The summed E-state index contributed by atoms with van der Waals surface area (Å²) in [5.74, 6) is 1.79. The third-order valence-corrected chi connectivity index (χ3v) is 2.76. The van der Waals surface area contributed by atoms with Gasteiger partial charge in [0.1, 0.15) is 0 Å². The summed E-state index contributed by atoms with van der Waals surface area (Å²) in [5.41, 5.74) is 0. The van der Waals surface area contributed by atoms with Gasteiger partial charge in [0.05, 0.1) is 12.2 Å². The summed E-state index contributed by atoms with van der Waals surface area (Å²) in [6.07, 6.45) is 5.35. The fourth-order valence-electron chi connectivity index (χ4n) is 2.27. The van der Waals surface area contributed by atoms with Gasteiger partial charge in [-0.3, -0.25) is 0 Å². The second kappa shape index (κ2) is 2.23. The predicted molar refractivity (Wildman–Crippen MR) is 40.8 cm³/mol. The Bertz CT molecular complexity index is 115. The van der Waals surface area contributed by atoms with Gasteiger partial charge >= 0.3 is 0 Å². The van der Waals surface area contributed by atoms with Crippen molar-refractivity contribution in [3.63, 3.8) is 0 Å². The third kappa shape index (κ3) is 1.20. The van der Waals surface area contributed by atoms with Crippen LogP contribution in [0.3, 0.4) is 0 Å².